The first-order chi connectivity index (χ1) is 14.5. The third-order valence-electron chi connectivity index (χ3n) is 4.67. The Balaban J connectivity index is 1.52. The number of aromatic amines is 1. The van der Waals surface area contributed by atoms with Crippen LogP contribution >= 0.6 is 24.4 Å². The lowest BCUT2D eigenvalue weighted by Crippen LogP contribution is -2.18. The third-order valence-corrected chi connectivity index (χ3v) is 5.15. The topological polar surface area (TPSA) is 57.7 Å². The lowest BCUT2D eigenvalue weighted by molar-refractivity contribution is 1.03. The highest BCUT2D eigenvalue weighted by Gasteiger charge is 2.11. The standard InChI is InChI=1S/C23H21N5S2/c1-15-3-9-18(10-4-15)24-22(29)25-19-11-7-17(8-12-19)21-26-27-23(30)28(21)20-13-5-16(2)6-14-20/h3-14H,1-2H3,(H,27,30)(H2,24,25,29). The predicted octanol–water partition coefficient (Wildman–Crippen LogP) is 6.02. The molecule has 0 atom stereocenters. The summed E-state index contributed by atoms with van der Waals surface area (Å²) in [4.78, 5) is 0. The zero-order chi connectivity index (χ0) is 21.1. The first-order valence-corrected chi connectivity index (χ1v) is 10.3. The summed E-state index contributed by atoms with van der Waals surface area (Å²) in [5, 5.41) is 14.3. The molecule has 3 aromatic carbocycles. The van der Waals surface area contributed by atoms with Crippen LogP contribution in [0.3, 0.4) is 0 Å². The van der Waals surface area contributed by atoms with Crippen molar-refractivity contribution >= 4 is 40.9 Å². The smallest absolute Gasteiger partial charge is 0.200 e. The van der Waals surface area contributed by atoms with Crippen molar-refractivity contribution in [1.29, 1.82) is 0 Å². The number of nitrogens with zero attached hydrogens (tertiary/aromatic N) is 2. The summed E-state index contributed by atoms with van der Waals surface area (Å²) < 4.78 is 2.49. The molecule has 1 heterocycles. The number of benzene rings is 3. The number of H-pyrrole nitrogens is 1. The van der Waals surface area contributed by atoms with Gasteiger partial charge in [-0.3, -0.25) is 9.67 Å². The lowest BCUT2D eigenvalue weighted by atomic mass is 10.2. The highest BCUT2D eigenvalue weighted by atomic mass is 32.1. The van der Waals surface area contributed by atoms with Crippen molar-refractivity contribution in [2.45, 2.75) is 13.8 Å². The van der Waals surface area contributed by atoms with Crippen LogP contribution in [0.4, 0.5) is 11.4 Å². The average Bonchev–Trinajstić information content (AvgIpc) is 3.12. The molecule has 0 radical (unpaired) electrons. The molecule has 0 saturated heterocycles. The Bertz CT molecular complexity index is 1220. The molecule has 0 bridgehead atoms. The van der Waals surface area contributed by atoms with Gasteiger partial charge in [0.1, 0.15) is 0 Å². The van der Waals surface area contributed by atoms with Crippen LogP contribution in [-0.2, 0) is 0 Å². The molecular weight excluding hydrogens is 410 g/mol. The Kier molecular flexibility index (Phi) is 5.74. The molecule has 4 aromatic rings. The van der Waals surface area contributed by atoms with Crippen LogP contribution in [0, 0.1) is 18.6 Å². The van der Waals surface area contributed by atoms with Crippen LogP contribution in [0.25, 0.3) is 17.1 Å². The summed E-state index contributed by atoms with van der Waals surface area (Å²) in [6.07, 6.45) is 0. The van der Waals surface area contributed by atoms with Gasteiger partial charge in [0.05, 0.1) is 0 Å². The van der Waals surface area contributed by atoms with Gasteiger partial charge in [-0.2, -0.15) is 5.10 Å². The van der Waals surface area contributed by atoms with Crippen LogP contribution in [0.2, 0.25) is 0 Å². The van der Waals surface area contributed by atoms with E-state index >= 15 is 0 Å². The lowest BCUT2D eigenvalue weighted by Gasteiger charge is -2.12. The van der Waals surface area contributed by atoms with Gasteiger partial charge in [0.15, 0.2) is 15.7 Å². The van der Waals surface area contributed by atoms with Gasteiger partial charge < -0.3 is 10.6 Å². The minimum atomic E-state index is 0.536. The Morgan fingerprint density at radius 1 is 0.800 bits per heavy atom. The molecule has 0 spiro atoms. The summed E-state index contributed by atoms with van der Waals surface area (Å²) in [7, 11) is 0. The van der Waals surface area contributed by atoms with Gasteiger partial charge in [0.2, 0.25) is 0 Å². The number of thiocarbonyl (C=S) groups is 1. The molecule has 30 heavy (non-hydrogen) atoms. The van der Waals surface area contributed by atoms with Crippen molar-refractivity contribution in [2.75, 3.05) is 10.6 Å². The molecule has 3 N–H and O–H groups in total. The number of anilines is 2. The summed E-state index contributed by atoms with van der Waals surface area (Å²) >= 11 is 10.9. The molecule has 0 aliphatic rings. The van der Waals surface area contributed by atoms with Gasteiger partial charge in [0, 0.05) is 22.6 Å². The molecule has 4 rings (SSSR count). The van der Waals surface area contributed by atoms with Crippen molar-refractivity contribution in [3.63, 3.8) is 0 Å². The van der Waals surface area contributed by atoms with Crippen molar-refractivity contribution < 1.29 is 0 Å². The molecule has 150 valence electrons. The molecular formula is C23H21N5S2. The second-order valence-electron chi connectivity index (χ2n) is 7.05. The van der Waals surface area contributed by atoms with Gasteiger partial charge in [-0.15, -0.1) is 0 Å². The number of aryl methyl sites for hydroxylation is 2. The van der Waals surface area contributed by atoms with E-state index in [-0.39, 0.29) is 0 Å². The molecule has 0 saturated carbocycles. The zero-order valence-electron chi connectivity index (χ0n) is 16.6. The van der Waals surface area contributed by atoms with E-state index in [9.17, 15) is 0 Å². The molecule has 0 fully saturated rings. The maximum Gasteiger partial charge on any atom is 0.200 e. The van der Waals surface area contributed by atoms with Gasteiger partial charge >= 0.3 is 0 Å². The monoisotopic (exact) mass is 431 g/mol. The molecule has 7 heteroatoms. The number of hydrogen-bond donors (Lipinski definition) is 3. The number of nitrogens with one attached hydrogen (secondary N) is 3. The zero-order valence-corrected chi connectivity index (χ0v) is 18.3. The maximum atomic E-state index is 5.45. The van der Waals surface area contributed by atoms with Crippen molar-refractivity contribution in [2.24, 2.45) is 0 Å². The van der Waals surface area contributed by atoms with E-state index in [0.717, 1.165) is 28.5 Å². The highest BCUT2D eigenvalue weighted by molar-refractivity contribution is 7.80. The quantitative estimate of drug-likeness (QED) is 0.345. The Labute approximate surface area is 185 Å². The molecule has 1 aromatic heterocycles. The van der Waals surface area contributed by atoms with E-state index in [1.165, 1.54) is 11.1 Å². The van der Waals surface area contributed by atoms with Crippen molar-refractivity contribution in [1.82, 2.24) is 14.8 Å². The van der Waals surface area contributed by atoms with Crippen LogP contribution in [0.1, 0.15) is 11.1 Å². The van der Waals surface area contributed by atoms with Crippen molar-refractivity contribution in [3.05, 3.63) is 88.7 Å². The maximum absolute atomic E-state index is 5.45. The first-order valence-electron chi connectivity index (χ1n) is 9.49. The second-order valence-corrected chi connectivity index (χ2v) is 7.84. The summed E-state index contributed by atoms with van der Waals surface area (Å²) in [6, 6.07) is 24.2. The number of rotatable bonds is 4. The third kappa shape index (κ3) is 4.48. The van der Waals surface area contributed by atoms with E-state index in [4.69, 9.17) is 24.4 Å². The highest BCUT2D eigenvalue weighted by Crippen LogP contribution is 2.23. The minimum Gasteiger partial charge on any atom is -0.332 e. The average molecular weight is 432 g/mol. The summed E-state index contributed by atoms with van der Waals surface area (Å²) in [6.45, 7) is 4.11. The van der Waals surface area contributed by atoms with E-state index in [0.29, 0.717) is 9.88 Å². The van der Waals surface area contributed by atoms with Crippen LogP contribution < -0.4 is 10.6 Å². The van der Waals surface area contributed by atoms with E-state index < -0.39 is 0 Å². The van der Waals surface area contributed by atoms with E-state index in [1.807, 2.05) is 65.2 Å². The first kappa shape index (κ1) is 20.0. The Hall–Kier alpha value is -3.29. The predicted molar refractivity (Wildman–Crippen MR) is 130 cm³/mol. The molecule has 0 aliphatic carbocycles. The van der Waals surface area contributed by atoms with Crippen LogP contribution in [0.5, 0.6) is 0 Å². The molecule has 5 nitrogen and oxygen atoms in total. The summed E-state index contributed by atoms with van der Waals surface area (Å²) in [5.74, 6) is 0.760. The van der Waals surface area contributed by atoms with Crippen LogP contribution in [-0.4, -0.2) is 19.9 Å². The van der Waals surface area contributed by atoms with Gasteiger partial charge in [-0.25, -0.2) is 0 Å². The largest absolute Gasteiger partial charge is 0.332 e. The van der Waals surface area contributed by atoms with Gasteiger partial charge in [0.25, 0.3) is 0 Å². The molecule has 0 aliphatic heterocycles. The van der Waals surface area contributed by atoms with Crippen molar-refractivity contribution in [3.8, 4) is 17.1 Å². The number of aromatic nitrogens is 3. The van der Waals surface area contributed by atoms with Gasteiger partial charge in [-0.1, -0.05) is 35.4 Å². The SMILES string of the molecule is Cc1ccc(NC(=S)Nc2ccc(-c3n[nH]c(=S)n3-c3ccc(C)cc3)cc2)cc1. The molecule has 0 unspecified atom stereocenters. The van der Waals surface area contributed by atoms with E-state index in [1.54, 1.807) is 0 Å². The fourth-order valence-corrected chi connectivity index (χ4v) is 3.53. The molecule has 0 amide bonds. The normalized spacial score (nSPS) is 10.6. The fourth-order valence-electron chi connectivity index (χ4n) is 3.06. The number of hydrogen-bond acceptors (Lipinski definition) is 3. The van der Waals surface area contributed by atoms with Gasteiger partial charge in [-0.05, 0) is 86.8 Å². The minimum absolute atomic E-state index is 0.536. The second kappa shape index (κ2) is 8.61. The fraction of sp³-hybridized carbons (Fsp3) is 0.0870. The summed E-state index contributed by atoms with van der Waals surface area (Å²) in [5.41, 5.74) is 6.16. The Morgan fingerprint density at radius 3 is 1.87 bits per heavy atom. The van der Waals surface area contributed by atoms with E-state index in [2.05, 4.69) is 46.8 Å². The van der Waals surface area contributed by atoms with Crippen LogP contribution in [0.15, 0.2) is 72.8 Å². The Morgan fingerprint density at radius 2 is 1.30 bits per heavy atom.